The fraction of sp³-hybridized carbons (Fsp3) is 1.00. The van der Waals surface area contributed by atoms with Gasteiger partial charge in [0.05, 0.1) is 27.3 Å². The molecule has 0 rings (SSSR count). The maximum Gasteiger partial charge on any atom is 0.180 e. The maximum absolute atomic E-state index is 11.5. The van der Waals surface area contributed by atoms with E-state index in [9.17, 15) is 5.21 Å². The first-order valence-electron chi connectivity index (χ1n) is 10.3. The summed E-state index contributed by atoms with van der Waals surface area (Å²) < 4.78 is 16.5. The molecule has 0 spiro atoms. The van der Waals surface area contributed by atoms with Crippen LogP contribution in [0.2, 0.25) is 0 Å². The van der Waals surface area contributed by atoms with Gasteiger partial charge >= 0.3 is 0 Å². The number of hydroxylamine groups is 3. The molecule has 0 bridgehead atoms. The van der Waals surface area contributed by atoms with Gasteiger partial charge in [0.1, 0.15) is 6.54 Å². The van der Waals surface area contributed by atoms with Crippen molar-refractivity contribution in [3.8, 4) is 0 Å². The van der Waals surface area contributed by atoms with Gasteiger partial charge in [-0.3, -0.25) is 0 Å². The molecule has 0 fully saturated rings. The van der Waals surface area contributed by atoms with E-state index in [0.29, 0.717) is 33.0 Å². The van der Waals surface area contributed by atoms with Crippen molar-refractivity contribution in [1.82, 2.24) is 0 Å². The highest BCUT2D eigenvalue weighted by Crippen LogP contribution is 2.11. The molecule has 152 valence electrons. The van der Waals surface area contributed by atoms with Crippen molar-refractivity contribution in [2.75, 3.05) is 47.1 Å². The molecule has 1 atom stereocenters. The maximum atomic E-state index is 11.5. The molecular weight excluding hydrogens is 318 g/mol. The van der Waals surface area contributed by atoms with Crippen LogP contribution in [0.1, 0.15) is 78.1 Å². The summed E-state index contributed by atoms with van der Waals surface area (Å²) in [6.07, 6.45) is 12.9. The Labute approximate surface area is 156 Å². The van der Waals surface area contributed by atoms with Gasteiger partial charge in [0.2, 0.25) is 0 Å². The van der Waals surface area contributed by atoms with Gasteiger partial charge < -0.3 is 24.1 Å². The van der Waals surface area contributed by atoms with E-state index in [1.54, 1.807) is 14.1 Å². The van der Waals surface area contributed by atoms with Gasteiger partial charge in [-0.1, -0.05) is 64.7 Å². The van der Waals surface area contributed by atoms with Crippen molar-refractivity contribution in [3.05, 3.63) is 5.21 Å². The Hall–Kier alpha value is -0.200. The highest BCUT2D eigenvalue weighted by Gasteiger charge is 2.10. The summed E-state index contributed by atoms with van der Waals surface area (Å²) in [4.78, 5) is 0. The lowest BCUT2D eigenvalue weighted by molar-refractivity contribution is -0.840. The second-order valence-corrected chi connectivity index (χ2v) is 7.31. The molecule has 0 aromatic rings. The Morgan fingerprint density at radius 2 is 1.32 bits per heavy atom. The van der Waals surface area contributed by atoms with Crippen LogP contribution in [-0.4, -0.2) is 58.0 Å². The van der Waals surface area contributed by atoms with Gasteiger partial charge in [-0.2, -0.15) is 0 Å². The molecule has 0 heterocycles. The summed E-state index contributed by atoms with van der Waals surface area (Å²) in [5.41, 5.74) is 0. The van der Waals surface area contributed by atoms with Crippen LogP contribution in [0, 0.1) is 5.21 Å². The lowest BCUT2D eigenvalue weighted by atomic mass is 10.1. The molecule has 0 saturated carbocycles. The third-order valence-corrected chi connectivity index (χ3v) is 4.18. The van der Waals surface area contributed by atoms with Crippen molar-refractivity contribution in [2.45, 2.75) is 84.3 Å². The minimum Gasteiger partial charge on any atom is -0.633 e. The Morgan fingerprint density at radius 1 is 0.760 bits per heavy atom. The summed E-state index contributed by atoms with van der Waals surface area (Å²) in [7, 11) is 3.23. The lowest BCUT2D eigenvalue weighted by Gasteiger charge is -2.33. The summed E-state index contributed by atoms with van der Waals surface area (Å²) >= 11 is 0. The van der Waals surface area contributed by atoms with Crippen LogP contribution < -0.4 is 0 Å². The molecule has 0 amide bonds. The molecule has 0 aliphatic carbocycles. The van der Waals surface area contributed by atoms with Crippen LogP contribution in [0.15, 0.2) is 0 Å². The Morgan fingerprint density at radius 3 is 1.84 bits per heavy atom. The quantitative estimate of drug-likeness (QED) is 0.142. The predicted molar refractivity (Wildman–Crippen MR) is 104 cm³/mol. The Bertz CT molecular complexity index is 269. The fourth-order valence-electron chi connectivity index (χ4n) is 2.60. The highest BCUT2D eigenvalue weighted by molar-refractivity contribution is 4.49. The number of hydrogen-bond acceptors (Lipinski definition) is 4. The number of quaternary nitrogens is 1. The van der Waals surface area contributed by atoms with Gasteiger partial charge in [0.25, 0.3) is 0 Å². The number of rotatable bonds is 19. The summed E-state index contributed by atoms with van der Waals surface area (Å²) in [6, 6.07) is 0. The van der Waals surface area contributed by atoms with E-state index in [4.69, 9.17) is 14.2 Å². The zero-order chi connectivity index (χ0) is 18.8. The third-order valence-electron chi connectivity index (χ3n) is 4.18. The zero-order valence-corrected chi connectivity index (χ0v) is 17.3. The second-order valence-electron chi connectivity index (χ2n) is 7.31. The summed E-state index contributed by atoms with van der Waals surface area (Å²) in [5, 5.41) is 11.5. The first-order chi connectivity index (χ1) is 12.0. The van der Waals surface area contributed by atoms with Crippen LogP contribution in [0.25, 0.3) is 0 Å². The van der Waals surface area contributed by atoms with Gasteiger partial charge in [-0.25, -0.2) is 0 Å². The zero-order valence-electron chi connectivity index (χ0n) is 17.3. The highest BCUT2D eigenvalue weighted by atomic mass is 16.7. The molecule has 0 aliphatic heterocycles. The average Bonchev–Trinajstić information content (AvgIpc) is 2.55. The second kappa shape index (κ2) is 17.2. The molecule has 0 N–H and O–H groups in total. The van der Waals surface area contributed by atoms with Gasteiger partial charge in [-0.05, 0) is 13.3 Å². The first kappa shape index (κ1) is 24.8. The number of nitrogens with zero attached hydrogens (tertiary/aromatic N) is 1. The minimum atomic E-state index is -0.335. The molecule has 25 heavy (non-hydrogen) atoms. The summed E-state index contributed by atoms with van der Waals surface area (Å²) in [6.45, 7) is 6.80. The monoisotopic (exact) mass is 361 g/mol. The van der Waals surface area contributed by atoms with Crippen molar-refractivity contribution in [1.29, 1.82) is 0 Å². The van der Waals surface area contributed by atoms with Crippen LogP contribution >= 0.6 is 0 Å². The lowest BCUT2D eigenvalue weighted by Crippen LogP contribution is -2.36. The van der Waals surface area contributed by atoms with Gasteiger partial charge in [0, 0.05) is 13.2 Å². The molecule has 0 aliphatic rings. The van der Waals surface area contributed by atoms with Crippen LogP contribution in [0.4, 0.5) is 0 Å². The topological polar surface area (TPSA) is 50.8 Å². The molecule has 5 heteroatoms. The largest absolute Gasteiger partial charge is 0.633 e. The van der Waals surface area contributed by atoms with Crippen molar-refractivity contribution < 1.29 is 18.9 Å². The number of unbranched alkanes of at least 4 members (excludes halogenated alkanes) is 9. The Balaban J connectivity index is 3.47. The van der Waals surface area contributed by atoms with E-state index in [0.717, 1.165) is 6.42 Å². The van der Waals surface area contributed by atoms with E-state index in [-0.39, 0.29) is 10.9 Å². The number of ether oxygens (including phenoxy) is 3. The Kier molecular flexibility index (Phi) is 17.1. The van der Waals surface area contributed by atoms with Crippen molar-refractivity contribution in [2.24, 2.45) is 0 Å². The molecule has 0 saturated heterocycles. The standard InChI is InChI=1S/C20H43NO4/c1-5-7-8-9-10-11-12-13-14-15-17-25-20(24-6-2)19-23-18-16-21(3,4)22/h20H,5-19H2,1-4H3. The van der Waals surface area contributed by atoms with Crippen molar-refractivity contribution >= 4 is 0 Å². The first-order valence-corrected chi connectivity index (χ1v) is 10.3. The van der Waals surface area contributed by atoms with E-state index in [1.165, 1.54) is 57.8 Å². The van der Waals surface area contributed by atoms with Gasteiger partial charge in [0.15, 0.2) is 6.29 Å². The van der Waals surface area contributed by atoms with E-state index in [2.05, 4.69) is 6.92 Å². The average molecular weight is 362 g/mol. The number of likely N-dealkylation sites (N-methyl/N-ethyl adjacent to an activating group) is 1. The SMILES string of the molecule is CCCCCCCCCCCCOC(COCC[N+](C)(C)[O-])OCC. The van der Waals surface area contributed by atoms with Crippen molar-refractivity contribution in [3.63, 3.8) is 0 Å². The van der Waals surface area contributed by atoms with E-state index < -0.39 is 0 Å². The van der Waals surface area contributed by atoms with E-state index >= 15 is 0 Å². The minimum absolute atomic E-state index is 0.314. The van der Waals surface area contributed by atoms with Crippen LogP contribution in [0.3, 0.4) is 0 Å². The molecule has 5 nitrogen and oxygen atoms in total. The molecule has 0 radical (unpaired) electrons. The molecular formula is C20H43NO4. The summed E-state index contributed by atoms with van der Waals surface area (Å²) in [5.74, 6) is 0. The fourth-order valence-corrected chi connectivity index (χ4v) is 2.60. The van der Waals surface area contributed by atoms with Crippen LogP contribution in [-0.2, 0) is 14.2 Å². The third kappa shape index (κ3) is 20.0. The normalized spacial score (nSPS) is 13.3. The molecule has 0 aromatic heterocycles. The smallest absolute Gasteiger partial charge is 0.180 e. The predicted octanol–water partition coefficient (Wildman–Crippen LogP) is 4.88. The molecule has 0 aromatic carbocycles. The van der Waals surface area contributed by atoms with E-state index in [1.807, 2.05) is 6.92 Å². The van der Waals surface area contributed by atoms with Crippen LogP contribution in [0.5, 0.6) is 0 Å². The molecule has 1 unspecified atom stereocenters. The van der Waals surface area contributed by atoms with Gasteiger partial charge in [-0.15, -0.1) is 0 Å². The number of hydrogen-bond donors (Lipinski definition) is 0.